The summed E-state index contributed by atoms with van der Waals surface area (Å²) in [5, 5.41) is 13.0. The van der Waals surface area contributed by atoms with Crippen molar-refractivity contribution in [2.24, 2.45) is 0 Å². The van der Waals surface area contributed by atoms with Crippen LogP contribution in [0.25, 0.3) is 21.6 Å². The third kappa shape index (κ3) is 5.78. The van der Waals surface area contributed by atoms with Gasteiger partial charge in [0.25, 0.3) is 5.91 Å². The largest absolute Gasteiger partial charge is 0.388 e. The van der Waals surface area contributed by atoms with E-state index in [1.807, 2.05) is 24.4 Å². The maximum Gasteiger partial charge on any atom is 0.254 e. The van der Waals surface area contributed by atoms with E-state index >= 15 is 0 Å². The SMILES string of the molecule is CC(C)(C)c1cc(-c2csc(-c3ccc(C(=O)N4CCC[C@](C)(O)C4)cc3Cl)c2)ccn1.Cl. The van der Waals surface area contributed by atoms with Crippen molar-refractivity contribution in [3.05, 3.63) is 64.3 Å². The summed E-state index contributed by atoms with van der Waals surface area (Å²) in [5.41, 5.74) is 3.94. The number of rotatable bonds is 3. The molecule has 1 saturated heterocycles. The number of carbonyl (C=O) groups is 1. The molecule has 0 bridgehead atoms. The summed E-state index contributed by atoms with van der Waals surface area (Å²) in [5.74, 6) is -0.0863. The Morgan fingerprint density at radius 2 is 1.94 bits per heavy atom. The van der Waals surface area contributed by atoms with Crippen LogP contribution in [0.5, 0.6) is 0 Å². The molecule has 2 aromatic heterocycles. The quantitative estimate of drug-likeness (QED) is 0.424. The highest BCUT2D eigenvalue weighted by molar-refractivity contribution is 7.14. The minimum Gasteiger partial charge on any atom is -0.388 e. The Balaban J connectivity index is 0.00000306. The Morgan fingerprint density at radius 3 is 2.61 bits per heavy atom. The number of halogens is 2. The molecule has 4 rings (SSSR count). The summed E-state index contributed by atoms with van der Waals surface area (Å²) < 4.78 is 0. The summed E-state index contributed by atoms with van der Waals surface area (Å²) in [6.07, 6.45) is 3.37. The fourth-order valence-corrected chi connectivity index (χ4v) is 5.37. The van der Waals surface area contributed by atoms with Crippen LogP contribution in [-0.4, -0.2) is 39.6 Å². The van der Waals surface area contributed by atoms with Gasteiger partial charge in [0.15, 0.2) is 0 Å². The molecule has 1 aliphatic heterocycles. The van der Waals surface area contributed by atoms with Gasteiger partial charge in [-0.2, -0.15) is 0 Å². The van der Waals surface area contributed by atoms with E-state index in [2.05, 4.69) is 43.3 Å². The molecule has 4 nitrogen and oxygen atoms in total. The zero-order valence-electron chi connectivity index (χ0n) is 19.4. The lowest BCUT2D eigenvalue weighted by molar-refractivity contribution is -0.0107. The summed E-state index contributed by atoms with van der Waals surface area (Å²) in [4.78, 5) is 20.2. The van der Waals surface area contributed by atoms with Gasteiger partial charge in [-0.25, -0.2) is 0 Å². The molecule has 0 radical (unpaired) electrons. The van der Waals surface area contributed by atoms with Gasteiger partial charge in [0.05, 0.1) is 10.6 Å². The number of aliphatic hydroxyl groups is 1. The number of hydrogen-bond donors (Lipinski definition) is 1. The van der Waals surface area contributed by atoms with Gasteiger partial charge in [-0.05, 0) is 66.6 Å². The number of benzene rings is 1. The van der Waals surface area contributed by atoms with E-state index in [0.29, 0.717) is 30.1 Å². The first-order valence-corrected chi connectivity index (χ1v) is 12.2. The van der Waals surface area contributed by atoms with Gasteiger partial charge in [-0.1, -0.05) is 38.4 Å². The first kappa shape index (κ1) is 25.7. The molecule has 1 aliphatic rings. The second-order valence-corrected chi connectivity index (χ2v) is 11.2. The Morgan fingerprint density at radius 1 is 1.18 bits per heavy atom. The number of carbonyl (C=O) groups excluding carboxylic acids is 1. The van der Waals surface area contributed by atoms with Crippen LogP contribution in [0.15, 0.2) is 48.0 Å². The first-order valence-electron chi connectivity index (χ1n) is 10.9. The Kier molecular flexibility index (Phi) is 7.59. The summed E-state index contributed by atoms with van der Waals surface area (Å²) >= 11 is 8.25. The lowest BCUT2D eigenvalue weighted by atomic mass is 9.90. The van der Waals surface area contributed by atoms with Gasteiger partial charge < -0.3 is 10.0 Å². The van der Waals surface area contributed by atoms with Crippen LogP contribution in [0.4, 0.5) is 0 Å². The van der Waals surface area contributed by atoms with E-state index < -0.39 is 5.60 Å². The summed E-state index contributed by atoms with van der Waals surface area (Å²) in [6, 6.07) is 11.8. The fourth-order valence-electron chi connectivity index (χ4n) is 4.07. The second-order valence-electron chi connectivity index (χ2n) is 9.90. The highest BCUT2D eigenvalue weighted by atomic mass is 35.5. The van der Waals surface area contributed by atoms with Crippen molar-refractivity contribution in [2.45, 2.75) is 51.6 Å². The van der Waals surface area contributed by atoms with E-state index in [-0.39, 0.29) is 23.7 Å². The second kappa shape index (κ2) is 9.75. The van der Waals surface area contributed by atoms with Gasteiger partial charge in [0, 0.05) is 46.4 Å². The number of nitrogens with zero attached hydrogens (tertiary/aromatic N) is 2. The van der Waals surface area contributed by atoms with Crippen molar-refractivity contribution in [3.63, 3.8) is 0 Å². The molecular formula is C26H30Cl2N2O2S. The van der Waals surface area contributed by atoms with Gasteiger partial charge in [-0.15, -0.1) is 23.7 Å². The van der Waals surface area contributed by atoms with Crippen LogP contribution >= 0.6 is 35.3 Å². The van der Waals surface area contributed by atoms with Crippen LogP contribution < -0.4 is 0 Å². The van der Waals surface area contributed by atoms with Crippen molar-refractivity contribution >= 4 is 41.3 Å². The van der Waals surface area contributed by atoms with Gasteiger partial charge in [0.1, 0.15) is 0 Å². The number of β-amino-alcohol motifs (C(OH)–C–C–N with tert-alkyl or cyclic N) is 1. The van der Waals surface area contributed by atoms with Gasteiger partial charge in [0.2, 0.25) is 0 Å². The molecule has 0 aliphatic carbocycles. The summed E-state index contributed by atoms with van der Waals surface area (Å²) in [7, 11) is 0. The van der Waals surface area contributed by atoms with Crippen molar-refractivity contribution in [2.75, 3.05) is 13.1 Å². The van der Waals surface area contributed by atoms with E-state index in [4.69, 9.17) is 11.6 Å². The average molecular weight is 506 g/mol. The fraction of sp³-hybridized carbons (Fsp3) is 0.385. The lowest BCUT2D eigenvalue weighted by Gasteiger charge is -2.36. The molecule has 0 saturated carbocycles. The minimum atomic E-state index is -0.829. The van der Waals surface area contributed by atoms with Gasteiger partial charge in [-0.3, -0.25) is 9.78 Å². The van der Waals surface area contributed by atoms with Crippen LogP contribution in [-0.2, 0) is 5.41 Å². The van der Waals surface area contributed by atoms with Crippen LogP contribution in [0.2, 0.25) is 5.02 Å². The molecule has 0 unspecified atom stereocenters. The molecule has 1 amide bonds. The zero-order chi connectivity index (χ0) is 23.1. The molecule has 1 aromatic carbocycles. The maximum absolute atomic E-state index is 12.9. The standard InChI is InChI=1S/C26H29ClN2O2S.ClH/c1-25(2,3)23-14-17(8-10-28-23)19-13-22(32-15-19)20-7-6-18(12-21(20)27)24(30)29-11-5-9-26(4,31)16-29;/h6-8,10,12-15,31H,5,9,11,16H2,1-4H3;1H/t26-;/m0./s1. The van der Waals surface area contributed by atoms with Crippen molar-refractivity contribution in [3.8, 4) is 21.6 Å². The zero-order valence-corrected chi connectivity index (χ0v) is 21.8. The predicted octanol–water partition coefficient (Wildman–Crippen LogP) is 6.84. The Labute approximate surface area is 211 Å². The third-order valence-corrected chi connectivity index (χ3v) is 7.18. The molecule has 1 atom stereocenters. The maximum atomic E-state index is 12.9. The van der Waals surface area contributed by atoms with Crippen molar-refractivity contribution < 1.29 is 9.90 Å². The van der Waals surface area contributed by atoms with Crippen LogP contribution in [0, 0.1) is 0 Å². The van der Waals surface area contributed by atoms with E-state index in [1.54, 1.807) is 29.2 Å². The number of amides is 1. The number of piperidine rings is 1. The van der Waals surface area contributed by atoms with E-state index in [9.17, 15) is 9.90 Å². The van der Waals surface area contributed by atoms with Gasteiger partial charge >= 0.3 is 0 Å². The number of thiophene rings is 1. The molecule has 3 aromatic rings. The third-order valence-electron chi connectivity index (χ3n) is 5.90. The number of hydrogen-bond acceptors (Lipinski definition) is 4. The smallest absolute Gasteiger partial charge is 0.254 e. The molecule has 3 heterocycles. The van der Waals surface area contributed by atoms with E-state index in [0.717, 1.165) is 33.7 Å². The Hall–Kier alpha value is -1.92. The molecule has 1 fully saturated rings. The normalized spacial score (nSPS) is 18.7. The molecule has 7 heteroatoms. The first-order chi connectivity index (χ1) is 15.0. The Bertz CT molecular complexity index is 1150. The predicted molar refractivity (Wildman–Crippen MR) is 140 cm³/mol. The van der Waals surface area contributed by atoms with Crippen molar-refractivity contribution in [1.29, 1.82) is 0 Å². The number of pyridine rings is 1. The average Bonchev–Trinajstić information content (AvgIpc) is 3.22. The number of likely N-dealkylation sites (tertiary alicyclic amines) is 1. The molecule has 1 N–H and O–H groups in total. The van der Waals surface area contributed by atoms with Crippen LogP contribution in [0.1, 0.15) is 56.6 Å². The summed E-state index contributed by atoms with van der Waals surface area (Å²) in [6.45, 7) is 9.26. The molecule has 176 valence electrons. The van der Waals surface area contributed by atoms with E-state index in [1.165, 1.54) is 0 Å². The molecule has 0 spiro atoms. The molecule has 33 heavy (non-hydrogen) atoms. The topological polar surface area (TPSA) is 53.4 Å². The minimum absolute atomic E-state index is 0. The van der Waals surface area contributed by atoms with Crippen LogP contribution in [0.3, 0.4) is 0 Å². The molecular weight excluding hydrogens is 475 g/mol. The lowest BCUT2D eigenvalue weighted by Crippen LogP contribution is -2.48. The highest BCUT2D eigenvalue weighted by Gasteiger charge is 2.31. The van der Waals surface area contributed by atoms with Crippen molar-refractivity contribution in [1.82, 2.24) is 9.88 Å². The highest BCUT2D eigenvalue weighted by Crippen LogP contribution is 2.37. The number of aromatic nitrogens is 1. The monoisotopic (exact) mass is 504 g/mol.